The lowest BCUT2D eigenvalue weighted by Gasteiger charge is -2.36. The summed E-state index contributed by atoms with van der Waals surface area (Å²) in [7, 11) is 1.83. The van der Waals surface area contributed by atoms with Gasteiger partial charge in [0.15, 0.2) is 0 Å². The molecule has 1 aliphatic rings. The van der Waals surface area contributed by atoms with Gasteiger partial charge in [-0.2, -0.15) is 8.78 Å². The van der Waals surface area contributed by atoms with Crippen LogP contribution in [-0.4, -0.2) is 30.9 Å². The van der Waals surface area contributed by atoms with Crippen LogP contribution in [0.4, 0.5) is 8.78 Å². The second-order valence-electron chi connectivity index (χ2n) is 7.33. The minimum atomic E-state index is -2.99. The first kappa shape index (κ1) is 19.5. The van der Waals surface area contributed by atoms with Crippen molar-refractivity contribution in [3.63, 3.8) is 0 Å². The fraction of sp³-hybridized carbons (Fsp3) is 0.435. The van der Waals surface area contributed by atoms with Gasteiger partial charge < -0.3 is 4.90 Å². The molecular weight excluding hydrogens is 342 g/mol. The lowest BCUT2D eigenvalue weighted by atomic mass is 9.87. The van der Waals surface area contributed by atoms with Crippen molar-refractivity contribution < 1.29 is 8.78 Å². The molecule has 1 saturated heterocycles. The molecule has 0 radical (unpaired) electrons. The van der Waals surface area contributed by atoms with Gasteiger partial charge >= 0.3 is 0 Å². The zero-order chi connectivity index (χ0) is 19.4. The van der Waals surface area contributed by atoms with Crippen LogP contribution in [0.15, 0.2) is 53.5 Å². The van der Waals surface area contributed by atoms with E-state index in [9.17, 15) is 8.78 Å². The minimum Gasteiger partial charge on any atom is -0.360 e. The van der Waals surface area contributed by atoms with Gasteiger partial charge in [-0.25, -0.2) is 0 Å². The van der Waals surface area contributed by atoms with Crippen molar-refractivity contribution in [1.29, 1.82) is 0 Å². The molecule has 0 aromatic heterocycles. The predicted octanol–water partition coefficient (Wildman–Crippen LogP) is 5.75. The monoisotopic (exact) mass is 370 g/mol. The molecule has 27 heavy (non-hydrogen) atoms. The molecule has 0 bridgehead atoms. The fourth-order valence-corrected chi connectivity index (χ4v) is 3.91. The van der Waals surface area contributed by atoms with Crippen LogP contribution in [0.5, 0.6) is 0 Å². The summed E-state index contributed by atoms with van der Waals surface area (Å²) >= 11 is 0. The summed E-state index contributed by atoms with van der Waals surface area (Å²) in [5.41, 5.74) is 2.11. The Balaban J connectivity index is 1.85. The highest BCUT2D eigenvalue weighted by Crippen LogP contribution is 2.37. The summed E-state index contributed by atoms with van der Waals surface area (Å²) in [6, 6.07) is 13.3. The van der Waals surface area contributed by atoms with E-state index in [2.05, 4.69) is 16.8 Å². The van der Waals surface area contributed by atoms with E-state index in [0.29, 0.717) is 0 Å². The highest BCUT2D eigenvalue weighted by molar-refractivity contribution is 5.89. The molecule has 2 aromatic carbocycles. The summed E-state index contributed by atoms with van der Waals surface area (Å²) in [6.45, 7) is 6.09. The van der Waals surface area contributed by atoms with Crippen LogP contribution in [0.1, 0.15) is 54.4 Å². The van der Waals surface area contributed by atoms with Crippen molar-refractivity contribution in [2.45, 2.75) is 45.0 Å². The molecule has 0 aliphatic carbocycles. The third kappa shape index (κ3) is 4.05. The molecule has 1 fully saturated rings. The van der Waals surface area contributed by atoms with Crippen LogP contribution in [0, 0.1) is 6.92 Å². The van der Waals surface area contributed by atoms with E-state index in [-0.39, 0.29) is 17.0 Å². The third-order valence-corrected chi connectivity index (χ3v) is 5.37. The maximum Gasteiger partial charge on any atom is 0.298 e. The Morgan fingerprint density at radius 2 is 1.63 bits per heavy atom. The Hall–Kier alpha value is -2.23. The van der Waals surface area contributed by atoms with Crippen LogP contribution < -0.4 is 0 Å². The van der Waals surface area contributed by atoms with Crippen molar-refractivity contribution in [1.82, 2.24) is 4.90 Å². The molecule has 0 N–H and O–H groups in total. The fourth-order valence-electron chi connectivity index (χ4n) is 3.91. The van der Waals surface area contributed by atoms with Gasteiger partial charge in [-0.15, -0.1) is 0 Å². The number of alkyl halides is 2. The first-order valence-electron chi connectivity index (χ1n) is 9.74. The number of amidine groups is 1. The lowest BCUT2D eigenvalue weighted by molar-refractivity contribution is 0.0428. The van der Waals surface area contributed by atoms with Crippen molar-refractivity contribution in [2.75, 3.05) is 20.1 Å². The van der Waals surface area contributed by atoms with Crippen molar-refractivity contribution >= 4 is 5.84 Å². The van der Waals surface area contributed by atoms with Gasteiger partial charge in [0, 0.05) is 37.2 Å². The van der Waals surface area contributed by atoms with E-state index in [4.69, 9.17) is 0 Å². The number of piperidine rings is 1. The Morgan fingerprint density at radius 3 is 2.19 bits per heavy atom. The van der Waals surface area contributed by atoms with Crippen molar-refractivity contribution in [3.05, 3.63) is 70.8 Å². The molecule has 0 amide bonds. The topological polar surface area (TPSA) is 15.6 Å². The molecule has 1 aliphatic heterocycles. The van der Waals surface area contributed by atoms with Gasteiger partial charge in [0.05, 0.1) is 0 Å². The van der Waals surface area contributed by atoms with Crippen LogP contribution in [0.25, 0.3) is 0 Å². The second kappa shape index (κ2) is 8.20. The molecular formula is C23H28F2N2. The molecule has 2 aromatic rings. The van der Waals surface area contributed by atoms with Crippen molar-refractivity contribution in [2.24, 2.45) is 4.99 Å². The average Bonchev–Trinajstić information content (AvgIpc) is 2.68. The zero-order valence-electron chi connectivity index (χ0n) is 16.4. The smallest absolute Gasteiger partial charge is 0.298 e. The molecule has 3 rings (SSSR count). The highest BCUT2D eigenvalue weighted by Gasteiger charge is 2.34. The van der Waals surface area contributed by atoms with E-state index < -0.39 is 5.92 Å². The van der Waals surface area contributed by atoms with Crippen LogP contribution in [-0.2, 0) is 5.92 Å². The maximum absolute atomic E-state index is 14.9. The van der Waals surface area contributed by atoms with Gasteiger partial charge in [-0.3, -0.25) is 4.99 Å². The van der Waals surface area contributed by atoms with Crippen molar-refractivity contribution in [3.8, 4) is 0 Å². The average molecular weight is 370 g/mol. The standard InChI is InChI=1S/C23H28F2N2/c1-4-15-27-16-5-6-21(22(27)26-3)18-9-13-20(14-10-18)23(24,25)19-11-7-17(2)8-12-19/h7-14,21H,4-6,15-16H2,1-3H3. The van der Waals surface area contributed by atoms with Crippen LogP contribution >= 0.6 is 0 Å². The molecule has 0 saturated carbocycles. The van der Waals surface area contributed by atoms with Gasteiger partial charge in [0.1, 0.15) is 5.84 Å². The minimum absolute atomic E-state index is 0.0310. The van der Waals surface area contributed by atoms with Gasteiger partial charge in [0.25, 0.3) is 5.92 Å². The number of aryl methyl sites for hydroxylation is 1. The van der Waals surface area contributed by atoms with Gasteiger partial charge in [-0.05, 0) is 31.7 Å². The number of rotatable bonds is 5. The summed E-state index contributed by atoms with van der Waals surface area (Å²) in [6.07, 6.45) is 3.19. The molecule has 1 unspecified atom stereocenters. The molecule has 2 nitrogen and oxygen atoms in total. The van der Waals surface area contributed by atoms with Crippen LogP contribution in [0.3, 0.4) is 0 Å². The van der Waals surface area contributed by atoms with E-state index in [1.807, 2.05) is 26.1 Å². The predicted molar refractivity (Wildman–Crippen MR) is 108 cm³/mol. The molecule has 4 heteroatoms. The van der Waals surface area contributed by atoms with Gasteiger partial charge in [-0.1, -0.05) is 61.0 Å². The largest absolute Gasteiger partial charge is 0.360 e. The van der Waals surface area contributed by atoms with E-state index in [0.717, 1.165) is 49.3 Å². The summed E-state index contributed by atoms with van der Waals surface area (Å²) in [5, 5.41) is 0. The molecule has 0 spiro atoms. The Labute approximate surface area is 160 Å². The number of aliphatic imine (C=N–C) groups is 1. The highest BCUT2D eigenvalue weighted by atomic mass is 19.3. The molecule has 1 atom stereocenters. The summed E-state index contributed by atoms with van der Waals surface area (Å²) in [4.78, 5) is 6.86. The van der Waals surface area contributed by atoms with E-state index in [1.165, 1.54) is 12.1 Å². The Morgan fingerprint density at radius 1 is 1.04 bits per heavy atom. The Kier molecular flexibility index (Phi) is 5.93. The zero-order valence-corrected chi connectivity index (χ0v) is 16.4. The second-order valence-corrected chi connectivity index (χ2v) is 7.33. The summed E-state index contributed by atoms with van der Waals surface area (Å²) in [5.74, 6) is -1.71. The summed E-state index contributed by atoms with van der Waals surface area (Å²) < 4.78 is 29.7. The number of hydrogen-bond donors (Lipinski definition) is 0. The molecule has 1 heterocycles. The number of halogens is 2. The lowest BCUT2D eigenvalue weighted by Crippen LogP contribution is -2.40. The van der Waals surface area contributed by atoms with Crippen LogP contribution in [0.2, 0.25) is 0 Å². The number of nitrogens with zero attached hydrogens (tertiary/aromatic N) is 2. The third-order valence-electron chi connectivity index (χ3n) is 5.37. The SMILES string of the molecule is CCCN1CCCC(c2ccc(C(F)(F)c3ccc(C)cc3)cc2)C1=NC. The first-order chi connectivity index (χ1) is 13.0. The number of hydrogen-bond acceptors (Lipinski definition) is 1. The quantitative estimate of drug-likeness (QED) is 0.654. The first-order valence-corrected chi connectivity index (χ1v) is 9.74. The maximum atomic E-state index is 14.9. The van der Waals surface area contributed by atoms with Gasteiger partial charge in [0.2, 0.25) is 0 Å². The van der Waals surface area contributed by atoms with E-state index in [1.54, 1.807) is 24.3 Å². The van der Waals surface area contributed by atoms with E-state index >= 15 is 0 Å². The number of likely N-dealkylation sites (tertiary alicyclic amines) is 1. The number of benzene rings is 2. The molecule has 144 valence electrons. The Bertz CT molecular complexity index is 777. The normalized spacial score (nSPS) is 19.5.